The number of hydrogen-bond acceptors (Lipinski definition) is 4. The Labute approximate surface area is 129 Å². The molecule has 0 saturated carbocycles. The van der Waals surface area contributed by atoms with Gasteiger partial charge in [-0.05, 0) is 12.1 Å². The van der Waals surface area contributed by atoms with Crippen molar-refractivity contribution in [1.29, 1.82) is 0 Å². The largest absolute Gasteiger partial charge is 1.00 e. The minimum absolute atomic E-state index is 0. The Morgan fingerprint density at radius 1 is 1.07 bits per heavy atom. The Morgan fingerprint density at radius 2 is 1.60 bits per heavy atom. The number of hydrogen-bond donors (Lipinski definition) is 0. The number of carboxylic acid groups (broad SMARTS) is 2. The molecule has 0 aliphatic rings. The quantitative estimate of drug-likeness (QED) is 0.471. The Bertz CT molecular complexity index is 381. The number of carboxylic acids is 2. The molecule has 0 radical (unpaired) electrons. The summed E-state index contributed by atoms with van der Waals surface area (Å²) in [4.78, 5) is 20.4. The van der Waals surface area contributed by atoms with Gasteiger partial charge in [0.1, 0.15) is 5.82 Å². The minimum atomic E-state index is -1.69. The summed E-state index contributed by atoms with van der Waals surface area (Å²) in [7, 11) is 0. The second-order valence-corrected chi connectivity index (χ2v) is 2.27. The van der Waals surface area contributed by atoms with E-state index in [1.807, 2.05) is 0 Å². The first-order chi connectivity index (χ1) is 6.02. The maximum Gasteiger partial charge on any atom is 1.00 e. The standard InChI is InChI=1S/C8H5FO4.2Na/c9-6-3-4(7(10)11)1-2-5(6)8(12)13;;/h1-3H,(H,10,11)(H,12,13);;/q;2*+1/p-2. The van der Waals surface area contributed by atoms with E-state index in [-0.39, 0.29) is 59.1 Å². The summed E-state index contributed by atoms with van der Waals surface area (Å²) in [5.41, 5.74) is -1.09. The molecule has 0 aromatic heterocycles. The van der Waals surface area contributed by atoms with Crippen LogP contribution in [0.2, 0.25) is 0 Å². The normalized spacial score (nSPS) is 8.33. The van der Waals surface area contributed by atoms with Gasteiger partial charge >= 0.3 is 59.1 Å². The van der Waals surface area contributed by atoms with Crippen molar-refractivity contribution in [3.05, 3.63) is 35.1 Å². The third-order valence-electron chi connectivity index (χ3n) is 1.42. The van der Waals surface area contributed by atoms with Crippen LogP contribution in [-0.4, -0.2) is 11.9 Å². The number of carbonyl (C=O) groups excluding carboxylic acids is 2. The van der Waals surface area contributed by atoms with Crippen LogP contribution in [-0.2, 0) is 0 Å². The van der Waals surface area contributed by atoms with Gasteiger partial charge in [-0.1, -0.05) is 6.07 Å². The van der Waals surface area contributed by atoms with Crippen molar-refractivity contribution in [2.24, 2.45) is 0 Å². The molecule has 0 aliphatic heterocycles. The Morgan fingerprint density at radius 3 is 1.93 bits per heavy atom. The van der Waals surface area contributed by atoms with E-state index >= 15 is 0 Å². The molecule has 0 heterocycles. The van der Waals surface area contributed by atoms with Crippen molar-refractivity contribution in [2.75, 3.05) is 0 Å². The van der Waals surface area contributed by atoms with Gasteiger partial charge in [0.05, 0.1) is 11.9 Å². The summed E-state index contributed by atoms with van der Waals surface area (Å²) in [6.07, 6.45) is 0. The zero-order valence-electron chi connectivity index (χ0n) is 8.24. The van der Waals surface area contributed by atoms with E-state index in [2.05, 4.69) is 0 Å². The van der Waals surface area contributed by atoms with Crippen molar-refractivity contribution < 1.29 is 83.3 Å². The molecule has 15 heavy (non-hydrogen) atoms. The van der Waals surface area contributed by atoms with Gasteiger partial charge in [0.25, 0.3) is 0 Å². The van der Waals surface area contributed by atoms with E-state index in [4.69, 9.17) is 0 Å². The SMILES string of the molecule is O=C([O-])c1ccc(C(=O)[O-])c(F)c1.[Na+].[Na+]. The summed E-state index contributed by atoms with van der Waals surface area (Å²) in [6.45, 7) is 0. The summed E-state index contributed by atoms with van der Waals surface area (Å²) < 4.78 is 12.7. The molecule has 0 aliphatic carbocycles. The van der Waals surface area contributed by atoms with Gasteiger partial charge in [-0.2, -0.15) is 0 Å². The van der Waals surface area contributed by atoms with Gasteiger partial charge in [-0.3, -0.25) is 0 Å². The van der Waals surface area contributed by atoms with Crippen molar-refractivity contribution in [1.82, 2.24) is 0 Å². The third kappa shape index (κ3) is 4.63. The van der Waals surface area contributed by atoms with Crippen molar-refractivity contribution in [2.45, 2.75) is 0 Å². The summed E-state index contributed by atoms with van der Waals surface area (Å²) in [5, 5.41) is 20.4. The zero-order chi connectivity index (χ0) is 10.0. The molecule has 1 aromatic carbocycles. The van der Waals surface area contributed by atoms with Gasteiger partial charge in [-0.15, -0.1) is 0 Å². The predicted molar refractivity (Wildman–Crippen MR) is 35.1 cm³/mol. The fourth-order valence-electron chi connectivity index (χ4n) is 0.808. The number of halogens is 1. The molecule has 0 saturated heterocycles. The Kier molecular flexibility index (Phi) is 8.60. The zero-order valence-corrected chi connectivity index (χ0v) is 12.2. The number of rotatable bonds is 2. The second-order valence-electron chi connectivity index (χ2n) is 2.27. The molecule has 0 unspecified atom stereocenters. The molecule has 0 bridgehead atoms. The van der Waals surface area contributed by atoms with Crippen LogP contribution < -0.4 is 69.3 Å². The average Bonchev–Trinajstić information content (AvgIpc) is 2.03. The van der Waals surface area contributed by atoms with E-state index in [1.165, 1.54) is 0 Å². The number of aromatic carboxylic acids is 2. The van der Waals surface area contributed by atoms with Crippen LogP contribution in [0.1, 0.15) is 20.7 Å². The molecule has 1 rings (SSSR count). The molecule has 0 atom stereocenters. The van der Waals surface area contributed by atoms with Crippen molar-refractivity contribution in [3.8, 4) is 0 Å². The van der Waals surface area contributed by atoms with Crippen LogP contribution >= 0.6 is 0 Å². The van der Waals surface area contributed by atoms with Crippen LogP contribution in [0.3, 0.4) is 0 Å². The molecule has 0 spiro atoms. The Hall–Kier alpha value is 0.0900. The van der Waals surface area contributed by atoms with Crippen LogP contribution in [0.5, 0.6) is 0 Å². The second kappa shape index (κ2) is 7.38. The van der Waals surface area contributed by atoms with Crippen LogP contribution in [0.25, 0.3) is 0 Å². The van der Waals surface area contributed by atoms with Gasteiger partial charge in [0.2, 0.25) is 0 Å². The van der Waals surface area contributed by atoms with Crippen LogP contribution in [0, 0.1) is 5.82 Å². The molecule has 0 N–H and O–H groups in total. The predicted octanol–water partition coefficient (Wildman–Crippen LogP) is -7.44. The first kappa shape index (κ1) is 17.5. The smallest absolute Gasteiger partial charge is 0.545 e. The van der Waals surface area contributed by atoms with Crippen LogP contribution in [0.4, 0.5) is 4.39 Å². The average molecular weight is 228 g/mol. The number of benzene rings is 1. The van der Waals surface area contributed by atoms with E-state index in [9.17, 15) is 24.2 Å². The monoisotopic (exact) mass is 228 g/mol. The molecular formula is C8H3FNa2O4. The summed E-state index contributed by atoms with van der Waals surface area (Å²) >= 11 is 0. The molecule has 7 heteroatoms. The third-order valence-corrected chi connectivity index (χ3v) is 1.42. The molecule has 68 valence electrons. The van der Waals surface area contributed by atoms with Gasteiger partial charge < -0.3 is 19.8 Å². The van der Waals surface area contributed by atoms with Crippen molar-refractivity contribution >= 4 is 11.9 Å². The van der Waals surface area contributed by atoms with E-state index < -0.39 is 28.9 Å². The first-order valence-electron chi connectivity index (χ1n) is 3.24. The number of carbonyl (C=O) groups is 2. The molecule has 4 nitrogen and oxygen atoms in total. The Balaban J connectivity index is 0. The van der Waals surface area contributed by atoms with Crippen LogP contribution in [0.15, 0.2) is 18.2 Å². The molecular weight excluding hydrogens is 225 g/mol. The fraction of sp³-hybridized carbons (Fsp3) is 0. The van der Waals surface area contributed by atoms with Gasteiger partial charge in [-0.25, -0.2) is 4.39 Å². The van der Waals surface area contributed by atoms with Gasteiger partial charge in [0.15, 0.2) is 0 Å². The maximum atomic E-state index is 12.7. The van der Waals surface area contributed by atoms with E-state index in [0.717, 1.165) is 12.1 Å². The first-order valence-corrected chi connectivity index (χ1v) is 3.24. The van der Waals surface area contributed by atoms with E-state index in [0.29, 0.717) is 6.07 Å². The summed E-state index contributed by atoms with van der Waals surface area (Å²) in [5.74, 6) is -4.41. The summed E-state index contributed by atoms with van der Waals surface area (Å²) in [6, 6.07) is 2.32. The molecule has 0 fully saturated rings. The topological polar surface area (TPSA) is 80.3 Å². The minimum Gasteiger partial charge on any atom is -0.545 e. The molecule has 0 amide bonds. The fourth-order valence-corrected chi connectivity index (χ4v) is 0.808. The maximum absolute atomic E-state index is 12.7. The molecule has 1 aromatic rings. The van der Waals surface area contributed by atoms with Crippen molar-refractivity contribution in [3.63, 3.8) is 0 Å². The van der Waals surface area contributed by atoms with Gasteiger partial charge in [0, 0.05) is 11.1 Å². The van der Waals surface area contributed by atoms with E-state index in [1.54, 1.807) is 0 Å².